The molecule has 0 aromatic heterocycles. The molecule has 1 nitrogen and oxygen atoms in total. The largest absolute Gasteiger partial charge is 0.413 e. The molecule has 2 heteroatoms. The van der Waals surface area contributed by atoms with Crippen molar-refractivity contribution in [1.29, 1.82) is 0 Å². The zero-order chi connectivity index (χ0) is 13.5. The Morgan fingerprint density at radius 2 is 1.76 bits per heavy atom. The van der Waals surface area contributed by atoms with E-state index in [1.54, 1.807) is 0 Å². The zero-order valence-corrected chi connectivity index (χ0v) is 13.8. The second-order valence-corrected chi connectivity index (χ2v) is 11.0. The molecule has 0 aromatic carbocycles. The Balaban J connectivity index is 3.88. The molecule has 0 amide bonds. The van der Waals surface area contributed by atoms with Crippen LogP contribution in [-0.4, -0.2) is 14.9 Å². The van der Waals surface area contributed by atoms with Crippen molar-refractivity contribution in [3.8, 4) is 0 Å². The third-order valence-electron chi connectivity index (χ3n) is 3.71. The summed E-state index contributed by atoms with van der Waals surface area (Å²) in [6.07, 6.45) is 8.87. The van der Waals surface area contributed by atoms with E-state index in [4.69, 9.17) is 4.43 Å². The van der Waals surface area contributed by atoms with Gasteiger partial charge in [-0.25, -0.2) is 0 Å². The highest BCUT2D eigenvalue weighted by molar-refractivity contribution is 6.74. The van der Waals surface area contributed by atoms with Crippen molar-refractivity contribution in [3.05, 3.63) is 23.8 Å². The standard InChI is InChI=1S/C15H30OSi/c1-8-14(2)12-10-9-11-13-16-17(6,7)15(3,4)5/h8-9,11H,10,12-13H2,1-7H3. The SMILES string of the molecule is CC=C(C)CCC=CCO[Si](C)(C)C(C)(C)C. The number of rotatable bonds is 6. The minimum atomic E-state index is -1.56. The summed E-state index contributed by atoms with van der Waals surface area (Å²) in [6.45, 7) is 16.5. The Labute approximate surface area is 109 Å². The molecule has 0 radical (unpaired) electrons. The third kappa shape index (κ3) is 6.84. The topological polar surface area (TPSA) is 9.23 Å². The van der Waals surface area contributed by atoms with Gasteiger partial charge in [0.2, 0.25) is 0 Å². The number of allylic oxidation sites excluding steroid dienone is 3. The van der Waals surface area contributed by atoms with Gasteiger partial charge in [0.15, 0.2) is 8.32 Å². The Morgan fingerprint density at radius 3 is 2.24 bits per heavy atom. The summed E-state index contributed by atoms with van der Waals surface area (Å²) in [4.78, 5) is 0. The lowest BCUT2D eigenvalue weighted by Gasteiger charge is -2.35. The second kappa shape index (κ2) is 7.17. The van der Waals surface area contributed by atoms with Gasteiger partial charge in [0.25, 0.3) is 0 Å². The van der Waals surface area contributed by atoms with Crippen LogP contribution in [0.2, 0.25) is 18.1 Å². The van der Waals surface area contributed by atoms with Crippen molar-refractivity contribution in [1.82, 2.24) is 0 Å². The van der Waals surface area contributed by atoms with Crippen LogP contribution in [0.4, 0.5) is 0 Å². The molecule has 0 saturated carbocycles. The van der Waals surface area contributed by atoms with Gasteiger partial charge in [-0.3, -0.25) is 0 Å². The van der Waals surface area contributed by atoms with Crippen molar-refractivity contribution in [2.75, 3.05) is 6.61 Å². The summed E-state index contributed by atoms with van der Waals surface area (Å²) in [5.41, 5.74) is 1.46. The molecule has 0 unspecified atom stereocenters. The Kier molecular flexibility index (Phi) is 7.03. The maximum absolute atomic E-state index is 6.06. The molecule has 0 aliphatic rings. The van der Waals surface area contributed by atoms with Gasteiger partial charge in [0.05, 0.1) is 6.61 Å². The van der Waals surface area contributed by atoms with Gasteiger partial charge < -0.3 is 4.43 Å². The van der Waals surface area contributed by atoms with E-state index in [1.165, 1.54) is 5.57 Å². The highest BCUT2D eigenvalue weighted by Crippen LogP contribution is 2.36. The molecule has 0 aromatic rings. The van der Waals surface area contributed by atoms with Gasteiger partial charge in [-0.1, -0.05) is 44.6 Å². The van der Waals surface area contributed by atoms with Crippen LogP contribution >= 0.6 is 0 Å². The van der Waals surface area contributed by atoms with Crippen LogP contribution in [0.25, 0.3) is 0 Å². The van der Waals surface area contributed by atoms with Gasteiger partial charge in [0.1, 0.15) is 0 Å². The van der Waals surface area contributed by atoms with Gasteiger partial charge in [-0.2, -0.15) is 0 Å². The molecule has 100 valence electrons. The second-order valence-electron chi connectivity index (χ2n) is 6.22. The lowest BCUT2D eigenvalue weighted by Crippen LogP contribution is -2.40. The molecule has 0 bridgehead atoms. The van der Waals surface area contributed by atoms with Crippen molar-refractivity contribution in [2.45, 2.75) is 65.6 Å². The van der Waals surface area contributed by atoms with Crippen LogP contribution < -0.4 is 0 Å². The first kappa shape index (κ1) is 16.7. The van der Waals surface area contributed by atoms with Crippen molar-refractivity contribution < 1.29 is 4.43 Å². The quantitative estimate of drug-likeness (QED) is 0.461. The highest BCUT2D eigenvalue weighted by Gasteiger charge is 2.36. The average Bonchev–Trinajstić information content (AvgIpc) is 2.21. The maximum atomic E-state index is 6.06. The predicted octanol–water partition coefficient (Wildman–Crippen LogP) is 5.31. The molecule has 0 fully saturated rings. The molecule has 0 spiro atoms. The Morgan fingerprint density at radius 1 is 1.18 bits per heavy atom. The minimum absolute atomic E-state index is 0.308. The molecule has 0 heterocycles. The van der Waals surface area contributed by atoms with E-state index in [-0.39, 0.29) is 0 Å². The normalized spacial score (nSPS) is 14.6. The molecule has 0 aliphatic heterocycles. The van der Waals surface area contributed by atoms with Crippen LogP contribution in [0.3, 0.4) is 0 Å². The average molecular weight is 254 g/mol. The van der Waals surface area contributed by atoms with E-state index in [2.05, 4.69) is 65.9 Å². The molecule has 0 atom stereocenters. The van der Waals surface area contributed by atoms with Gasteiger partial charge in [-0.05, 0) is 44.8 Å². The van der Waals surface area contributed by atoms with E-state index in [0.29, 0.717) is 5.04 Å². The van der Waals surface area contributed by atoms with Crippen molar-refractivity contribution in [2.24, 2.45) is 0 Å². The van der Waals surface area contributed by atoms with Crippen molar-refractivity contribution >= 4 is 8.32 Å². The molecular weight excluding hydrogens is 224 g/mol. The Hall–Kier alpha value is -0.343. The summed E-state index contributed by atoms with van der Waals surface area (Å²) < 4.78 is 6.06. The maximum Gasteiger partial charge on any atom is 0.192 e. The molecule has 0 rings (SSSR count). The van der Waals surface area contributed by atoms with Crippen LogP contribution in [-0.2, 0) is 4.43 Å². The summed E-state index contributed by atoms with van der Waals surface area (Å²) in [5.74, 6) is 0. The number of hydrogen-bond acceptors (Lipinski definition) is 1. The molecule has 0 aliphatic carbocycles. The fourth-order valence-corrected chi connectivity index (χ4v) is 2.06. The fraction of sp³-hybridized carbons (Fsp3) is 0.733. The predicted molar refractivity (Wildman–Crippen MR) is 81.0 cm³/mol. The lowest BCUT2D eigenvalue weighted by atomic mass is 10.1. The summed E-state index contributed by atoms with van der Waals surface area (Å²) in [6, 6.07) is 0. The fourth-order valence-electron chi connectivity index (χ4n) is 1.11. The monoisotopic (exact) mass is 254 g/mol. The van der Waals surface area contributed by atoms with E-state index in [9.17, 15) is 0 Å². The molecule has 17 heavy (non-hydrogen) atoms. The third-order valence-corrected chi connectivity index (χ3v) is 8.21. The Bertz CT molecular complexity index is 269. The zero-order valence-electron chi connectivity index (χ0n) is 12.8. The number of hydrogen-bond donors (Lipinski definition) is 0. The van der Waals surface area contributed by atoms with Crippen LogP contribution in [0.1, 0.15) is 47.5 Å². The van der Waals surface area contributed by atoms with Crippen LogP contribution in [0.15, 0.2) is 23.8 Å². The summed E-state index contributed by atoms with van der Waals surface area (Å²) in [7, 11) is -1.56. The first-order valence-electron chi connectivity index (χ1n) is 6.61. The lowest BCUT2D eigenvalue weighted by molar-refractivity contribution is 0.327. The van der Waals surface area contributed by atoms with Gasteiger partial charge in [-0.15, -0.1) is 0 Å². The van der Waals surface area contributed by atoms with Crippen LogP contribution in [0, 0.1) is 0 Å². The first-order valence-corrected chi connectivity index (χ1v) is 9.52. The van der Waals surface area contributed by atoms with E-state index in [0.717, 1.165) is 19.4 Å². The summed E-state index contributed by atoms with van der Waals surface area (Å²) in [5, 5.41) is 0.308. The molecule has 0 saturated heterocycles. The van der Waals surface area contributed by atoms with E-state index >= 15 is 0 Å². The smallest absolute Gasteiger partial charge is 0.192 e. The summed E-state index contributed by atoms with van der Waals surface area (Å²) >= 11 is 0. The first-order chi connectivity index (χ1) is 7.70. The minimum Gasteiger partial charge on any atom is -0.413 e. The van der Waals surface area contributed by atoms with Crippen LogP contribution in [0.5, 0.6) is 0 Å². The van der Waals surface area contributed by atoms with Crippen molar-refractivity contribution in [3.63, 3.8) is 0 Å². The highest BCUT2D eigenvalue weighted by atomic mass is 28.4. The molecular formula is C15H30OSi. The van der Waals surface area contributed by atoms with E-state index in [1.807, 2.05) is 0 Å². The van der Waals surface area contributed by atoms with Gasteiger partial charge >= 0.3 is 0 Å². The molecule has 0 N–H and O–H groups in total. The van der Waals surface area contributed by atoms with Gasteiger partial charge in [0, 0.05) is 0 Å². The van der Waals surface area contributed by atoms with E-state index < -0.39 is 8.32 Å².